The molecule has 2 N–H and O–H groups in total. The lowest BCUT2D eigenvalue weighted by molar-refractivity contribution is -0.142. The zero-order chi connectivity index (χ0) is 19.1. The molecule has 1 atom stereocenters. The molecule has 1 aromatic carbocycles. The zero-order valence-electron chi connectivity index (χ0n) is 16.1. The van der Waals surface area contributed by atoms with Crippen LogP contribution in [0.25, 0.3) is 0 Å². The fraction of sp³-hybridized carbons (Fsp3) is 0.600. The number of anilines is 1. The largest absolute Gasteiger partial charge is 0.480 e. The van der Waals surface area contributed by atoms with Gasteiger partial charge in [-0.05, 0) is 37.0 Å². The number of hydrogen-bond donors (Lipinski definition) is 2. The van der Waals surface area contributed by atoms with Crippen LogP contribution in [0.1, 0.15) is 32.3 Å². The molecule has 1 aliphatic rings. The van der Waals surface area contributed by atoms with Crippen molar-refractivity contribution in [3.8, 4) is 0 Å². The van der Waals surface area contributed by atoms with Gasteiger partial charge in [-0.2, -0.15) is 0 Å². The quantitative estimate of drug-likeness (QED) is 0.742. The highest BCUT2D eigenvalue weighted by atomic mass is 16.4. The fourth-order valence-corrected chi connectivity index (χ4v) is 3.27. The van der Waals surface area contributed by atoms with Gasteiger partial charge in [0.1, 0.15) is 6.04 Å². The molecule has 0 saturated carbocycles. The van der Waals surface area contributed by atoms with Gasteiger partial charge in [0, 0.05) is 44.8 Å². The van der Waals surface area contributed by atoms with Gasteiger partial charge in [0.2, 0.25) is 5.91 Å². The molecule has 0 radical (unpaired) electrons. The Hall–Kier alpha value is -2.08. The van der Waals surface area contributed by atoms with Crippen LogP contribution in [0.2, 0.25) is 0 Å². The molecule has 0 spiro atoms. The van der Waals surface area contributed by atoms with Gasteiger partial charge < -0.3 is 15.3 Å². The van der Waals surface area contributed by atoms with Gasteiger partial charge in [0.25, 0.3) is 0 Å². The van der Waals surface area contributed by atoms with Crippen molar-refractivity contribution in [1.29, 1.82) is 0 Å². The van der Waals surface area contributed by atoms with Crippen LogP contribution in [0.5, 0.6) is 0 Å². The van der Waals surface area contributed by atoms with Crippen molar-refractivity contribution in [2.45, 2.75) is 39.7 Å². The maximum Gasteiger partial charge on any atom is 0.326 e. The summed E-state index contributed by atoms with van der Waals surface area (Å²) in [4.78, 5) is 28.0. The monoisotopic (exact) mass is 361 g/mol. The summed E-state index contributed by atoms with van der Waals surface area (Å²) in [5.74, 6) is -0.913. The predicted octanol–water partition coefficient (Wildman–Crippen LogP) is 2.12. The summed E-state index contributed by atoms with van der Waals surface area (Å²) in [6.07, 6.45) is 0.794. The van der Waals surface area contributed by atoms with Crippen molar-refractivity contribution in [2.24, 2.45) is 5.92 Å². The maximum atomic E-state index is 12.1. The smallest absolute Gasteiger partial charge is 0.326 e. The number of piperazine rings is 1. The van der Waals surface area contributed by atoms with Crippen molar-refractivity contribution < 1.29 is 14.7 Å². The Bertz CT molecular complexity index is 610. The number of aliphatic carboxylic acids is 1. The van der Waals surface area contributed by atoms with Crippen molar-refractivity contribution in [1.82, 2.24) is 10.2 Å². The standard InChI is InChI=1S/C20H31N3O3/c1-15(2)13-18(20(25)26)21-19(24)7-8-22-9-11-23(12-10-22)17-6-4-5-16(3)14-17/h4-6,14-15,18H,7-13H2,1-3H3,(H,21,24)(H,25,26)/t18-/m0/s1. The van der Waals surface area contributed by atoms with Gasteiger partial charge in [-0.25, -0.2) is 4.79 Å². The highest BCUT2D eigenvalue weighted by molar-refractivity contribution is 5.83. The van der Waals surface area contributed by atoms with E-state index in [4.69, 9.17) is 0 Å². The van der Waals surface area contributed by atoms with E-state index in [1.54, 1.807) is 0 Å². The van der Waals surface area contributed by atoms with Gasteiger partial charge >= 0.3 is 5.97 Å². The number of carboxylic acids is 1. The predicted molar refractivity (Wildman–Crippen MR) is 103 cm³/mol. The van der Waals surface area contributed by atoms with E-state index in [1.807, 2.05) is 13.8 Å². The Morgan fingerprint density at radius 3 is 2.46 bits per heavy atom. The van der Waals surface area contributed by atoms with E-state index >= 15 is 0 Å². The van der Waals surface area contributed by atoms with Crippen LogP contribution in [-0.4, -0.2) is 60.6 Å². The minimum Gasteiger partial charge on any atom is -0.480 e. The highest BCUT2D eigenvalue weighted by Crippen LogP contribution is 2.17. The summed E-state index contributed by atoms with van der Waals surface area (Å²) in [6, 6.07) is 7.72. The first kappa shape index (κ1) is 20.2. The first-order chi connectivity index (χ1) is 12.3. The molecule has 144 valence electrons. The molecule has 6 nitrogen and oxygen atoms in total. The Morgan fingerprint density at radius 2 is 1.88 bits per heavy atom. The van der Waals surface area contributed by atoms with E-state index in [1.165, 1.54) is 11.3 Å². The van der Waals surface area contributed by atoms with Crippen LogP contribution >= 0.6 is 0 Å². The molecule has 2 rings (SSSR count). The number of hydrogen-bond acceptors (Lipinski definition) is 4. The lowest BCUT2D eigenvalue weighted by Crippen LogP contribution is -2.48. The van der Waals surface area contributed by atoms with Crippen molar-refractivity contribution >= 4 is 17.6 Å². The summed E-state index contributed by atoms with van der Waals surface area (Å²) in [6.45, 7) is 10.4. The summed E-state index contributed by atoms with van der Waals surface area (Å²) < 4.78 is 0. The topological polar surface area (TPSA) is 72.9 Å². The van der Waals surface area contributed by atoms with E-state index < -0.39 is 12.0 Å². The minimum absolute atomic E-state index is 0.181. The summed E-state index contributed by atoms with van der Waals surface area (Å²) in [5, 5.41) is 11.9. The van der Waals surface area contributed by atoms with Gasteiger partial charge in [0.05, 0.1) is 0 Å². The van der Waals surface area contributed by atoms with Crippen LogP contribution in [-0.2, 0) is 9.59 Å². The third-order valence-corrected chi connectivity index (χ3v) is 4.73. The van der Waals surface area contributed by atoms with Crippen molar-refractivity contribution in [2.75, 3.05) is 37.6 Å². The number of carbonyl (C=O) groups excluding carboxylic acids is 1. The van der Waals surface area contributed by atoms with E-state index in [0.29, 0.717) is 19.4 Å². The second-order valence-electron chi connectivity index (χ2n) is 7.51. The second-order valence-corrected chi connectivity index (χ2v) is 7.51. The Morgan fingerprint density at radius 1 is 1.19 bits per heavy atom. The molecule has 1 aliphatic heterocycles. The van der Waals surface area contributed by atoms with Crippen LogP contribution in [0.15, 0.2) is 24.3 Å². The number of amides is 1. The Balaban J connectivity index is 1.74. The number of carboxylic acid groups (broad SMARTS) is 1. The summed E-state index contributed by atoms with van der Waals surface area (Å²) in [7, 11) is 0. The lowest BCUT2D eigenvalue weighted by atomic mass is 10.0. The zero-order valence-corrected chi connectivity index (χ0v) is 16.1. The van der Waals surface area contributed by atoms with E-state index in [-0.39, 0.29) is 11.8 Å². The second kappa shape index (κ2) is 9.57. The number of nitrogens with one attached hydrogen (secondary N) is 1. The normalized spacial score (nSPS) is 16.5. The molecule has 1 amide bonds. The molecule has 0 aliphatic carbocycles. The molecule has 1 saturated heterocycles. The Labute approximate surface area is 156 Å². The number of rotatable bonds is 8. The van der Waals surface area contributed by atoms with Gasteiger partial charge in [0.15, 0.2) is 0 Å². The third kappa shape index (κ3) is 6.33. The van der Waals surface area contributed by atoms with Gasteiger partial charge in [-0.3, -0.25) is 9.69 Å². The van der Waals surface area contributed by atoms with Crippen LogP contribution in [0, 0.1) is 12.8 Å². The molecule has 26 heavy (non-hydrogen) atoms. The first-order valence-corrected chi connectivity index (χ1v) is 9.41. The molecule has 1 heterocycles. The maximum absolute atomic E-state index is 12.1. The van der Waals surface area contributed by atoms with Crippen molar-refractivity contribution in [3.05, 3.63) is 29.8 Å². The van der Waals surface area contributed by atoms with E-state index in [2.05, 4.69) is 46.3 Å². The molecular weight excluding hydrogens is 330 g/mol. The summed E-state index contributed by atoms with van der Waals surface area (Å²) in [5.41, 5.74) is 2.51. The molecule has 0 unspecified atom stereocenters. The SMILES string of the molecule is Cc1cccc(N2CCN(CCC(=O)N[C@@H](CC(C)C)C(=O)O)CC2)c1. The van der Waals surface area contributed by atoms with Gasteiger partial charge in [-0.1, -0.05) is 26.0 Å². The van der Waals surface area contributed by atoms with E-state index in [9.17, 15) is 14.7 Å². The fourth-order valence-electron chi connectivity index (χ4n) is 3.27. The number of benzene rings is 1. The average Bonchev–Trinajstić information content (AvgIpc) is 2.59. The third-order valence-electron chi connectivity index (χ3n) is 4.73. The lowest BCUT2D eigenvalue weighted by Gasteiger charge is -2.36. The molecule has 6 heteroatoms. The highest BCUT2D eigenvalue weighted by Gasteiger charge is 2.22. The molecule has 1 fully saturated rings. The van der Waals surface area contributed by atoms with Gasteiger partial charge in [-0.15, -0.1) is 0 Å². The van der Waals surface area contributed by atoms with Crippen LogP contribution < -0.4 is 10.2 Å². The first-order valence-electron chi connectivity index (χ1n) is 9.41. The number of carbonyl (C=O) groups is 2. The minimum atomic E-state index is -0.959. The van der Waals surface area contributed by atoms with Crippen LogP contribution in [0.3, 0.4) is 0 Å². The van der Waals surface area contributed by atoms with E-state index in [0.717, 1.165) is 26.2 Å². The number of aryl methyl sites for hydroxylation is 1. The molecule has 1 aromatic rings. The van der Waals surface area contributed by atoms with Crippen molar-refractivity contribution in [3.63, 3.8) is 0 Å². The number of nitrogens with zero attached hydrogens (tertiary/aromatic N) is 2. The summed E-state index contributed by atoms with van der Waals surface area (Å²) >= 11 is 0. The van der Waals surface area contributed by atoms with Crippen LogP contribution in [0.4, 0.5) is 5.69 Å². The molecule has 0 aromatic heterocycles. The molecule has 0 bridgehead atoms. The average molecular weight is 361 g/mol. The molecular formula is C20H31N3O3. The Kier molecular flexibility index (Phi) is 7.45.